The Morgan fingerprint density at radius 2 is 2.19 bits per heavy atom. The summed E-state index contributed by atoms with van der Waals surface area (Å²) < 4.78 is 7.11. The van der Waals surface area contributed by atoms with Gasteiger partial charge in [0.15, 0.2) is 0 Å². The van der Waals surface area contributed by atoms with Gasteiger partial charge in [0.1, 0.15) is 11.3 Å². The lowest BCUT2D eigenvalue weighted by Gasteiger charge is -2.15. The predicted molar refractivity (Wildman–Crippen MR) is 93.0 cm³/mol. The normalized spacial score (nSPS) is 12.9. The van der Waals surface area contributed by atoms with Crippen molar-refractivity contribution in [2.75, 3.05) is 6.54 Å². The second-order valence-electron chi connectivity index (χ2n) is 5.10. The Labute approximate surface area is 137 Å². The van der Waals surface area contributed by atoms with Crippen molar-refractivity contribution in [3.63, 3.8) is 0 Å². The van der Waals surface area contributed by atoms with E-state index in [-0.39, 0.29) is 6.04 Å². The van der Waals surface area contributed by atoms with Gasteiger partial charge in [0, 0.05) is 16.7 Å². The summed E-state index contributed by atoms with van der Waals surface area (Å²) in [6, 6.07) is 12.8. The van der Waals surface area contributed by atoms with Crippen LogP contribution in [0.2, 0.25) is 0 Å². The van der Waals surface area contributed by atoms with Crippen LogP contribution in [0.3, 0.4) is 0 Å². The molecule has 3 aromatic rings. The molecule has 0 fully saturated rings. The van der Waals surface area contributed by atoms with Crippen molar-refractivity contribution in [2.24, 2.45) is 0 Å². The maximum absolute atomic E-state index is 6.10. The minimum absolute atomic E-state index is 0.225. The third kappa shape index (κ3) is 3.39. The highest BCUT2D eigenvalue weighted by atomic mass is 79.9. The molecule has 1 atom stereocenters. The molecule has 110 valence electrons. The number of nitrogens with one attached hydrogen (secondary N) is 1. The largest absolute Gasteiger partial charge is 0.458 e. The van der Waals surface area contributed by atoms with Crippen LogP contribution in [0.4, 0.5) is 0 Å². The third-order valence-electron chi connectivity index (χ3n) is 3.48. The van der Waals surface area contributed by atoms with Gasteiger partial charge in [0.25, 0.3) is 0 Å². The van der Waals surface area contributed by atoms with Crippen molar-refractivity contribution in [1.29, 1.82) is 0 Å². The lowest BCUT2D eigenvalue weighted by molar-refractivity contribution is 0.428. The van der Waals surface area contributed by atoms with Gasteiger partial charge in [-0.15, -0.1) is 11.3 Å². The Kier molecular flexibility index (Phi) is 4.78. The van der Waals surface area contributed by atoms with Gasteiger partial charge < -0.3 is 9.73 Å². The van der Waals surface area contributed by atoms with Crippen LogP contribution in [-0.4, -0.2) is 6.54 Å². The molecule has 2 nitrogen and oxygen atoms in total. The lowest BCUT2D eigenvalue weighted by Crippen LogP contribution is -2.23. The molecule has 0 bridgehead atoms. The molecule has 1 N–H and O–H groups in total. The zero-order valence-corrected chi connectivity index (χ0v) is 14.3. The molecule has 2 heterocycles. The molecule has 2 aromatic heterocycles. The quantitative estimate of drug-likeness (QED) is 0.621. The van der Waals surface area contributed by atoms with Gasteiger partial charge in [-0.2, -0.15) is 0 Å². The van der Waals surface area contributed by atoms with Crippen LogP contribution < -0.4 is 5.32 Å². The highest BCUT2D eigenvalue weighted by Gasteiger charge is 2.17. The summed E-state index contributed by atoms with van der Waals surface area (Å²) in [6.45, 7) is 3.18. The summed E-state index contributed by atoms with van der Waals surface area (Å²) in [6.07, 6.45) is 2.08. The molecule has 4 heteroatoms. The monoisotopic (exact) mass is 363 g/mol. The maximum Gasteiger partial charge on any atom is 0.148 e. The fraction of sp³-hybridized carbons (Fsp3) is 0.294. The second-order valence-corrected chi connectivity index (χ2v) is 6.98. The zero-order valence-electron chi connectivity index (χ0n) is 11.9. The fourth-order valence-corrected chi connectivity index (χ4v) is 3.66. The molecule has 21 heavy (non-hydrogen) atoms. The molecular formula is C17H18BrNOS. The van der Waals surface area contributed by atoms with Crippen LogP contribution in [0.25, 0.3) is 11.0 Å². The SMILES string of the molecule is CCCNC(Cc1cccs1)c1cc2cccc(Br)c2o1. The van der Waals surface area contributed by atoms with Crippen LogP contribution in [0.5, 0.6) is 0 Å². The number of halogens is 1. The first-order valence-corrected chi connectivity index (χ1v) is 8.89. The maximum atomic E-state index is 6.10. The van der Waals surface area contributed by atoms with Crippen LogP contribution >= 0.6 is 27.3 Å². The number of fused-ring (bicyclic) bond motifs is 1. The third-order valence-corrected chi connectivity index (χ3v) is 5.01. The zero-order chi connectivity index (χ0) is 14.7. The molecule has 0 aliphatic rings. The molecule has 0 spiro atoms. The van der Waals surface area contributed by atoms with Crippen LogP contribution in [0, 0.1) is 0 Å². The number of furan rings is 1. The van der Waals surface area contributed by atoms with Gasteiger partial charge in [-0.3, -0.25) is 0 Å². The van der Waals surface area contributed by atoms with Gasteiger partial charge in [0.05, 0.1) is 10.5 Å². The van der Waals surface area contributed by atoms with Gasteiger partial charge in [-0.05, 0) is 52.5 Å². The number of rotatable bonds is 6. The number of thiophene rings is 1. The standard InChI is InChI=1S/C17H18BrNOS/c1-2-8-19-15(11-13-6-4-9-21-13)16-10-12-5-3-7-14(18)17(12)20-16/h3-7,9-10,15,19H,2,8,11H2,1H3. The van der Waals surface area contributed by atoms with Crippen LogP contribution in [0.15, 0.2) is 50.7 Å². The van der Waals surface area contributed by atoms with E-state index in [1.54, 1.807) is 11.3 Å². The number of para-hydroxylation sites is 1. The summed E-state index contributed by atoms with van der Waals surface area (Å²) in [7, 11) is 0. The molecule has 0 amide bonds. The van der Waals surface area contributed by atoms with Gasteiger partial charge in [0.2, 0.25) is 0 Å². The number of benzene rings is 1. The Bertz CT molecular complexity index is 705. The van der Waals surface area contributed by atoms with E-state index in [9.17, 15) is 0 Å². The van der Waals surface area contributed by atoms with E-state index in [4.69, 9.17) is 4.42 Å². The van der Waals surface area contributed by atoms with Crippen molar-refractivity contribution in [2.45, 2.75) is 25.8 Å². The van der Waals surface area contributed by atoms with E-state index in [1.807, 2.05) is 12.1 Å². The molecule has 0 saturated heterocycles. The molecule has 1 aromatic carbocycles. The summed E-state index contributed by atoms with van der Waals surface area (Å²) in [4.78, 5) is 1.38. The van der Waals surface area contributed by atoms with Crippen molar-refractivity contribution >= 4 is 38.2 Å². The van der Waals surface area contributed by atoms with Crippen molar-refractivity contribution in [3.05, 3.63) is 56.9 Å². The van der Waals surface area contributed by atoms with Gasteiger partial charge in [-0.25, -0.2) is 0 Å². The average Bonchev–Trinajstić information content (AvgIpc) is 3.13. The van der Waals surface area contributed by atoms with Crippen molar-refractivity contribution in [3.8, 4) is 0 Å². The second kappa shape index (κ2) is 6.77. The van der Waals surface area contributed by atoms with Crippen LogP contribution in [-0.2, 0) is 6.42 Å². The van der Waals surface area contributed by atoms with Crippen molar-refractivity contribution in [1.82, 2.24) is 5.32 Å². The highest BCUT2D eigenvalue weighted by molar-refractivity contribution is 9.10. The topological polar surface area (TPSA) is 25.2 Å². The summed E-state index contributed by atoms with van der Waals surface area (Å²) in [5, 5.41) is 6.88. The smallest absolute Gasteiger partial charge is 0.148 e. The average molecular weight is 364 g/mol. The first-order valence-electron chi connectivity index (χ1n) is 7.21. The highest BCUT2D eigenvalue weighted by Crippen LogP contribution is 2.31. The molecule has 3 rings (SSSR count). The van der Waals surface area contributed by atoms with Gasteiger partial charge in [-0.1, -0.05) is 25.1 Å². The Morgan fingerprint density at radius 1 is 1.29 bits per heavy atom. The Hall–Kier alpha value is -1.10. The number of hydrogen-bond donors (Lipinski definition) is 1. The van der Waals surface area contributed by atoms with E-state index in [1.165, 1.54) is 4.88 Å². The summed E-state index contributed by atoms with van der Waals surface area (Å²) >= 11 is 5.36. The number of hydrogen-bond acceptors (Lipinski definition) is 3. The molecule has 0 aliphatic carbocycles. The van der Waals surface area contributed by atoms with Crippen LogP contribution in [0.1, 0.15) is 30.0 Å². The molecule has 0 radical (unpaired) electrons. The van der Waals surface area contributed by atoms with E-state index in [0.717, 1.165) is 40.6 Å². The first kappa shape index (κ1) is 14.8. The lowest BCUT2D eigenvalue weighted by atomic mass is 10.1. The molecule has 0 saturated carbocycles. The molecule has 1 unspecified atom stereocenters. The summed E-state index contributed by atoms with van der Waals surface area (Å²) in [5.74, 6) is 1.01. The predicted octanol–water partition coefficient (Wildman–Crippen LogP) is 5.54. The minimum Gasteiger partial charge on any atom is -0.458 e. The van der Waals surface area contributed by atoms with Crippen molar-refractivity contribution < 1.29 is 4.42 Å². The summed E-state index contributed by atoms with van der Waals surface area (Å²) in [5.41, 5.74) is 0.932. The first-order chi connectivity index (χ1) is 10.3. The van der Waals surface area contributed by atoms with Gasteiger partial charge >= 0.3 is 0 Å². The van der Waals surface area contributed by atoms with E-state index < -0.39 is 0 Å². The Morgan fingerprint density at radius 3 is 2.90 bits per heavy atom. The van der Waals surface area contributed by atoms with E-state index >= 15 is 0 Å². The Balaban J connectivity index is 1.91. The fourth-order valence-electron chi connectivity index (χ4n) is 2.44. The van der Waals surface area contributed by atoms with E-state index in [2.05, 4.69) is 57.8 Å². The molecule has 0 aliphatic heterocycles. The molecular weight excluding hydrogens is 346 g/mol. The van der Waals surface area contributed by atoms with E-state index in [0.29, 0.717) is 0 Å². The minimum atomic E-state index is 0.225.